The van der Waals surface area contributed by atoms with Gasteiger partial charge in [0.25, 0.3) is 0 Å². The van der Waals surface area contributed by atoms with E-state index in [1.807, 2.05) is 24.3 Å². The minimum Gasteiger partial charge on any atom is -0.461 e. The standard InChI is InChI=1S/C62H99O11P/c1-4-7-10-13-16-19-22-25-27-28-29-30-32-35-38-41-44-47-50-53-62(66)73-59(55-69-60(64)51-48-45-42-39-36-34-31-26-23-20-17-14-11-8-5-2)57-71-74(67,68)70-56-58(54-63)72-61(65)52-49-46-43-40-37-33-24-21-18-15-12-9-6-3/h7-8,10-11,16-17,19-20,25-27,29-31,35-36,38-39,44-45,47-48,58-59,63H,4-6,9,12-15,18,21-24,28,32-34,37,40-43,46,49-57H2,1-3H3,(H,67,68)/b10-7-,11-8-,19-16-,20-17-,27-25-,30-29-,31-26-,38-35-,39-36-,47-44-,48-45-. The van der Waals surface area contributed by atoms with Crippen LogP contribution in [0.2, 0.25) is 0 Å². The van der Waals surface area contributed by atoms with E-state index in [1.165, 1.54) is 57.8 Å². The van der Waals surface area contributed by atoms with Crippen LogP contribution in [0.1, 0.15) is 201 Å². The van der Waals surface area contributed by atoms with Crippen LogP contribution < -0.4 is 0 Å². The van der Waals surface area contributed by atoms with Gasteiger partial charge in [0.1, 0.15) is 12.7 Å². The van der Waals surface area contributed by atoms with Gasteiger partial charge in [0.15, 0.2) is 6.10 Å². The Labute approximate surface area is 449 Å². The Morgan fingerprint density at radius 2 is 0.743 bits per heavy atom. The topological polar surface area (TPSA) is 155 Å². The summed E-state index contributed by atoms with van der Waals surface area (Å²) in [6.07, 6.45) is 68.9. The molecule has 0 aromatic heterocycles. The van der Waals surface area contributed by atoms with E-state index in [-0.39, 0.29) is 19.3 Å². The van der Waals surface area contributed by atoms with Crippen molar-refractivity contribution < 1.29 is 52.2 Å². The quantitative estimate of drug-likeness (QED) is 0.0197. The van der Waals surface area contributed by atoms with Gasteiger partial charge in [0.05, 0.1) is 26.2 Å². The van der Waals surface area contributed by atoms with E-state index >= 15 is 0 Å². The summed E-state index contributed by atoms with van der Waals surface area (Å²) in [5.41, 5.74) is 0. The zero-order valence-electron chi connectivity index (χ0n) is 46.0. The molecule has 0 saturated carbocycles. The van der Waals surface area contributed by atoms with Gasteiger partial charge in [-0.3, -0.25) is 23.4 Å². The van der Waals surface area contributed by atoms with Crippen LogP contribution in [0.5, 0.6) is 0 Å². The number of hydrogen-bond donors (Lipinski definition) is 2. The molecular formula is C62H99O11P. The second kappa shape index (κ2) is 54.9. The van der Waals surface area contributed by atoms with Gasteiger partial charge < -0.3 is 24.2 Å². The monoisotopic (exact) mass is 1050 g/mol. The summed E-state index contributed by atoms with van der Waals surface area (Å²) >= 11 is 0. The molecule has 0 fully saturated rings. The van der Waals surface area contributed by atoms with Crippen LogP contribution in [0.3, 0.4) is 0 Å². The van der Waals surface area contributed by atoms with Crippen molar-refractivity contribution in [2.75, 3.05) is 26.4 Å². The van der Waals surface area contributed by atoms with Crippen LogP contribution in [0.25, 0.3) is 0 Å². The Hall–Kier alpha value is -4.38. The second-order valence-corrected chi connectivity index (χ2v) is 19.5. The number of carbonyl (C=O) groups is 3. The highest BCUT2D eigenvalue weighted by atomic mass is 31.2. The van der Waals surface area contributed by atoms with Gasteiger partial charge >= 0.3 is 25.7 Å². The molecule has 0 aliphatic heterocycles. The van der Waals surface area contributed by atoms with E-state index in [0.717, 1.165) is 77.0 Å². The third kappa shape index (κ3) is 52.5. The van der Waals surface area contributed by atoms with Crippen LogP contribution in [-0.4, -0.2) is 66.5 Å². The molecule has 11 nitrogen and oxygen atoms in total. The van der Waals surface area contributed by atoms with E-state index in [1.54, 1.807) is 6.08 Å². The number of rotatable bonds is 50. The number of carbonyl (C=O) groups excluding carboxylic acids is 3. The number of allylic oxidation sites excluding steroid dienone is 21. The Balaban J connectivity index is 4.97. The van der Waals surface area contributed by atoms with Gasteiger partial charge in [-0.25, -0.2) is 4.57 Å². The molecule has 0 amide bonds. The molecule has 0 radical (unpaired) electrons. The second-order valence-electron chi connectivity index (χ2n) is 18.0. The number of ether oxygens (including phenoxy) is 3. The number of phosphoric ester groups is 1. The van der Waals surface area contributed by atoms with Crippen LogP contribution in [0.15, 0.2) is 134 Å². The summed E-state index contributed by atoms with van der Waals surface area (Å²) in [5, 5.41) is 9.80. The normalized spacial score (nSPS) is 14.4. The van der Waals surface area contributed by atoms with Crippen molar-refractivity contribution in [1.82, 2.24) is 0 Å². The first-order valence-corrected chi connectivity index (χ1v) is 29.6. The number of unbranched alkanes of at least 4 members (excludes halogenated alkanes) is 12. The zero-order valence-corrected chi connectivity index (χ0v) is 46.9. The van der Waals surface area contributed by atoms with Crippen molar-refractivity contribution in [1.29, 1.82) is 0 Å². The zero-order chi connectivity index (χ0) is 54.1. The van der Waals surface area contributed by atoms with E-state index in [2.05, 4.69) is 124 Å². The SMILES string of the molecule is CC/C=C\C/C=C\C/C=C\C/C=C\C/C=C\C/C=C\CCC(=O)OC(COC(=O)C/C=C\C/C=C\C/C=C\C/C=C\C/C=C\CC)COP(=O)(O)OCC(CO)OC(=O)CCCCCCCCCCCCCCC. The highest BCUT2D eigenvalue weighted by molar-refractivity contribution is 7.47. The van der Waals surface area contributed by atoms with E-state index in [9.17, 15) is 28.9 Å². The van der Waals surface area contributed by atoms with Gasteiger partial charge in [-0.2, -0.15) is 0 Å². The smallest absolute Gasteiger partial charge is 0.461 e. The number of aliphatic hydroxyl groups excluding tert-OH is 1. The van der Waals surface area contributed by atoms with E-state index in [0.29, 0.717) is 25.7 Å². The average molecular weight is 1050 g/mol. The number of phosphoric acid groups is 1. The summed E-state index contributed by atoms with van der Waals surface area (Å²) in [4.78, 5) is 48.4. The Morgan fingerprint density at radius 1 is 0.405 bits per heavy atom. The predicted octanol–water partition coefficient (Wildman–Crippen LogP) is 16.6. The van der Waals surface area contributed by atoms with Gasteiger partial charge in [0, 0.05) is 12.8 Å². The van der Waals surface area contributed by atoms with Crippen molar-refractivity contribution >= 4 is 25.7 Å². The highest BCUT2D eigenvalue weighted by Crippen LogP contribution is 2.43. The fourth-order valence-corrected chi connectivity index (χ4v) is 7.71. The number of esters is 3. The number of aliphatic hydroxyl groups is 1. The highest BCUT2D eigenvalue weighted by Gasteiger charge is 2.28. The lowest BCUT2D eigenvalue weighted by atomic mass is 10.0. The molecule has 0 heterocycles. The molecular weight excluding hydrogens is 952 g/mol. The fourth-order valence-electron chi connectivity index (χ4n) is 6.92. The molecule has 3 atom stereocenters. The minimum absolute atomic E-state index is 0.0167. The molecule has 0 aromatic rings. The van der Waals surface area contributed by atoms with Crippen LogP contribution in [-0.2, 0) is 42.2 Å². The molecule has 0 bridgehead atoms. The Morgan fingerprint density at radius 3 is 1.15 bits per heavy atom. The van der Waals surface area contributed by atoms with Gasteiger partial charge in [0.2, 0.25) is 0 Å². The van der Waals surface area contributed by atoms with E-state index in [4.69, 9.17) is 23.3 Å². The van der Waals surface area contributed by atoms with Gasteiger partial charge in [-0.1, -0.05) is 231 Å². The van der Waals surface area contributed by atoms with E-state index < -0.39 is 64.4 Å². The van der Waals surface area contributed by atoms with Crippen LogP contribution in [0.4, 0.5) is 0 Å². The maximum atomic E-state index is 12.9. The molecule has 418 valence electrons. The van der Waals surface area contributed by atoms with Crippen molar-refractivity contribution in [3.05, 3.63) is 134 Å². The summed E-state index contributed by atoms with van der Waals surface area (Å²) < 4.78 is 39.2. The average Bonchev–Trinajstić information content (AvgIpc) is 3.39. The summed E-state index contributed by atoms with van der Waals surface area (Å²) in [5.74, 6) is -1.73. The molecule has 2 N–H and O–H groups in total. The molecule has 0 spiro atoms. The molecule has 0 saturated heterocycles. The first kappa shape index (κ1) is 69.6. The molecule has 74 heavy (non-hydrogen) atoms. The third-order valence-corrected chi connectivity index (χ3v) is 12.1. The Bertz CT molecular complexity index is 1750. The Kier molecular flexibility index (Phi) is 51.6. The van der Waals surface area contributed by atoms with Crippen LogP contribution >= 0.6 is 7.82 Å². The van der Waals surface area contributed by atoms with Crippen molar-refractivity contribution in [2.24, 2.45) is 0 Å². The predicted molar refractivity (Wildman–Crippen MR) is 306 cm³/mol. The van der Waals surface area contributed by atoms with Crippen molar-refractivity contribution in [3.8, 4) is 0 Å². The lowest BCUT2D eigenvalue weighted by Gasteiger charge is -2.21. The fraction of sp³-hybridized carbons (Fsp3) is 0.597. The maximum Gasteiger partial charge on any atom is 0.472 e. The minimum atomic E-state index is -4.79. The molecule has 0 aliphatic rings. The molecule has 0 aliphatic carbocycles. The van der Waals surface area contributed by atoms with Crippen molar-refractivity contribution in [2.45, 2.75) is 213 Å². The van der Waals surface area contributed by atoms with Crippen LogP contribution in [0, 0.1) is 0 Å². The maximum absolute atomic E-state index is 12.9. The first-order chi connectivity index (χ1) is 36.2. The lowest BCUT2D eigenvalue weighted by molar-refractivity contribution is -0.160. The lowest BCUT2D eigenvalue weighted by Crippen LogP contribution is -2.30. The van der Waals surface area contributed by atoms with Gasteiger partial charge in [-0.05, 0) is 83.5 Å². The molecule has 12 heteroatoms. The molecule has 0 aromatic carbocycles. The molecule has 0 rings (SSSR count). The summed E-state index contributed by atoms with van der Waals surface area (Å²) in [6, 6.07) is 0. The summed E-state index contributed by atoms with van der Waals surface area (Å²) in [6.45, 7) is 4.20. The first-order valence-electron chi connectivity index (χ1n) is 28.1. The largest absolute Gasteiger partial charge is 0.472 e. The van der Waals surface area contributed by atoms with Crippen molar-refractivity contribution in [3.63, 3.8) is 0 Å². The summed E-state index contributed by atoms with van der Waals surface area (Å²) in [7, 11) is -4.79. The number of hydrogen-bond acceptors (Lipinski definition) is 10. The third-order valence-electron chi connectivity index (χ3n) is 11.1. The van der Waals surface area contributed by atoms with Gasteiger partial charge in [-0.15, -0.1) is 0 Å². The molecule has 3 unspecified atom stereocenters.